The maximum absolute atomic E-state index is 10.6. The predicted molar refractivity (Wildman–Crippen MR) is 68.6 cm³/mol. The molecule has 1 aromatic rings. The van der Waals surface area contributed by atoms with Crippen molar-refractivity contribution >= 4 is 5.97 Å². The van der Waals surface area contributed by atoms with Gasteiger partial charge in [-0.3, -0.25) is 4.79 Å². The van der Waals surface area contributed by atoms with Gasteiger partial charge in [0.25, 0.3) is 0 Å². The lowest BCUT2D eigenvalue weighted by atomic mass is 9.97. The second kappa shape index (κ2) is 6.00. The Morgan fingerprint density at radius 3 is 3.17 bits per heavy atom. The number of piperidine rings is 1. The quantitative estimate of drug-likeness (QED) is 0.862. The lowest BCUT2D eigenvalue weighted by molar-refractivity contribution is -0.137. The summed E-state index contributed by atoms with van der Waals surface area (Å²) in [6.45, 7) is 5.66. The van der Waals surface area contributed by atoms with E-state index in [1.807, 2.05) is 12.4 Å². The van der Waals surface area contributed by atoms with Crippen LogP contribution in [0.1, 0.15) is 37.9 Å². The molecule has 2 heterocycles. The van der Waals surface area contributed by atoms with E-state index in [4.69, 9.17) is 5.11 Å². The Kier molecular flexibility index (Phi) is 4.36. The second-order valence-corrected chi connectivity index (χ2v) is 4.85. The van der Waals surface area contributed by atoms with Crippen molar-refractivity contribution in [2.45, 2.75) is 38.6 Å². The Morgan fingerprint density at radius 1 is 1.61 bits per heavy atom. The number of carboxylic acid groups (broad SMARTS) is 1. The zero-order valence-electron chi connectivity index (χ0n) is 10.9. The highest BCUT2D eigenvalue weighted by molar-refractivity contribution is 5.66. The molecule has 0 aliphatic carbocycles. The molecule has 100 valence electrons. The minimum absolute atomic E-state index is 0.231. The van der Waals surface area contributed by atoms with Crippen molar-refractivity contribution in [3.8, 4) is 0 Å². The number of carboxylic acids is 1. The number of carbonyl (C=O) groups is 1. The lowest BCUT2D eigenvalue weighted by Gasteiger charge is -2.32. The van der Waals surface area contributed by atoms with Crippen molar-refractivity contribution < 1.29 is 9.90 Å². The van der Waals surface area contributed by atoms with Crippen LogP contribution in [0.5, 0.6) is 0 Å². The van der Waals surface area contributed by atoms with E-state index in [0.29, 0.717) is 12.5 Å². The number of hydrogen-bond acceptors (Lipinski definition) is 3. The Morgan fingerprint density at radius 2 is 2.44 bits per heavy atom. The van der Waals surface area contributed by atoms with Crippen LogP contribution >= 0.6 is 0 Å². The SMILES string of the molecule is CCn1ccnc1C1CCCN(CCC(=O)O)C1. The third kappa shape index (κ3) is 3.10. The van der Waals surface area contributed by atoms with Crippen molar-refractivity contribution in [2.24, 2.45) is 0 Å². The summed E-state index contributed by atoms with van der Waals surface area (Å²) in [5.41, 5.74) is 0. The van der Waals surface area contributed by atoms with Crippen molar-refractivity contribution in [3.63, 3.8) is 0 Å². The molecule has 1 N–H and O–H groups in total. The zero-order valence-corrected chi connectivity index (χ0v) is 10.9. The fourth-order valence-corrected chi connectivity index (χ4v) is 2.67. The van der Waals surface area contributed by atoms with Crippen LogP contribution in [0.4, 0.5) is 0 Å². The molecule has 5 heteroatoms. The van der Waals surface area contributed by atoms with Crippen LogP contribution in [-0.4, -0.2) is 45.2 Å². The van der Waals surface area contributed by atoms with Crippen LogP contribution in [0.3, 0.4) is 0 Å². The van der Waals surface area contributed by atoms with E-state index in [1.54, 1.807) is 0 Å². The molecule has 0 spiro atoms. The first kappa shape index (κ1) is 13.1. The third-order valence-electron chi connectivity index (χ3n) is 3.60. The van der Waals surface area contributed by atoms with Gasteiger partial charge in [-0.05, 0) is 26.3 Å². The van der Waals surface area contributed by atoms with Gasteiger partial charge in [0.1, 0.15) is 5.82 Å². The molecule has 0 saturated carbocycles. The monoisotopic (exact) mass is 251 g/mol. The molecule has 0 aromatic carbocycles. The topological polar surface area (TPSA) is 58.4 Å². The summed E-state index contributed by atoms with van der Waals surface area (Å²) in [6, 6.07) is 0. The Hall–Kier alpha value is -1.36. The summed E-state index contributed by atoms with van der Waals surface area (Å²) in [4.78, 5) is 17.3. The smallest absolute Gasteiger partial charge is 0.304 e. The summed E-state index contributed by atoms with van der Waals surface area (Å²) in [6.07, 6.45) is 6.39. The molecule has 1 unspecified atom stereocenters. The second-order valence-electron chi connectivity index (χ2n) is 4.85. The number of imidazole rings is 1. The lowest BCUT2D eigenvalue weighted by Crippen LogP contribution is -2.36. The number of aromatic nitrogens is 2. The average Bonchev–Trinajstić information content (AvgIpc) is 2.85. The van der Waals surface area contributed by atoms with E-state index in [-0.39, 0.29) is 6.42 Å². The molecule has 1 saturated heterocycles. The van der Waals surface area contributed by atoms with E-state index < -0.39 is 5.97 Å². The highest BCUT2D eigenvalue weighted by Gasteiger charge is 2.24. The largest absolute Gasteiger partial charge is 0.481 e. The summed E-state index contributed by atoms with van der Waals surface area (Å²) in [5, 5.41) is 8.73. The summed E-state index contributed by atoms with van der Waals surface area (Å²) in [7, 11) is 0. The predicted octanol–water partition coefficient (Wildman–Crippen LogP) is 1.56. The van der Waals surface area contributed by atoms with Crippen LogP contribution in [-0.2, 0) is 11.3 Å². The summed E-state index contributed by atoms with van der Waals surface area (Å²) < 4.78 is 2.19. The maximum atomic E-state index is 10.6. The molecule has 0 amide bonds. The normalized spacial score (nSPS) is 21.1. The maximum Gasteiger partial charge on any atom is 0.304 e. The van der Waals surface area contributed by atoms with Crippen LogP contribution in [0, 0.1) is 0 Å². The van der Waals surface area contributed by atoms with Gasteiger partial charge in [0, 0.05) is 37.9 Å². The molecule has 5 nitrogen and oxygen atoms in total. The van der Waals surface area contributed by atoms with E-state index in [0.717, 1.165) is 38.3 Å². The first-order valence-corrected chi connectivity index (χ1v) is 6.66. The van der Waals surface area contributed by atoms with Crippen LogP contribution < -0.4 is 0 Å². The van der Waals surface area contributed by atoms with Crippen LogP contribution in [0.15, 0.2) is 12.4 Å². The Balaban J connectivity index is 1.96. The van der Waals surface area contributed by atoms with Crippen LogP contribution in [0.25, 0.3) is 0 Å². The van der Waals surface area contributed by atoms with Gasteiger partial charge >= 0.3 is 5.97 Å². The van der Waals surface area contributed by atoms with Crippen LogP contribution in [0.2, 0.25) is 0 Å². The van der Waals surface area contributed by atoms with Gasteiger partial charge < -0.3 is 14.6 Å². The van der Waals surface area contributed by atoms with Gasteiger partial charge in [-0.1, -0.05) is 0 Å². The molecule has 0 radical (unpaired) electrons. The average molecular weight is 251 g/mol. The molecule has 1 aliphatic rings. The fraction of sp³-hybridized carbons (Fsp3) is 0.692. The minimum atomic E-state index is -0.716. The van der Waals surface area contributed by atoms with Crippen molar-refractivity contribution in [3.05, 3.63) is 18.2 Å². The molecule has 1 aliphatic heterocycles. The summed E-state index contributed by atoms with van der Waals surface area (Å²) in [5.74, 6) is 0.882. The van der Waals surface area contributed by atoms with E-state index in [9.17, 15) is 4.79 Å². The van der Waals surface area contributed by atoms with Gasteiger partial charge in [0.2, 0.25) is 0 Å². The molecular formula is C13H21N3O2. The highest BCUT2D eigenvalue weighted by Crippen LogP contribution is 2.25. The first-order chi connectivity index (χ1) is 8.70. The molecule has 0 bridgehead atoms. The zero-order chi connectivity index (χ0) is 13.0. The molecule has 2 rings (SSSR count). The van der Waals surface area contributed by atoms with Crippen molar-refractivity contribution in [1.29, 1.82) is 0 Å². The molecular weight excluding hydrogens is 230 g/mol. The summed E-state index contributed by atoms with van der Waals surface area (Å²) >= 11 is 0. The van der Waals surface area contributed by atoms with Gasteiger partial charge in [0.05, 0.1) is 6.42 Å². The molecule has 1 atom stereocenters. The number of aliphatic carboxylic acids is 1. The number of nitrogens with zero attached hydrogens (tertiary/aromatic N) is 3. The third-order valence-corrected chi connectivity index (χ3v) is 3.60. The first-order valence-electron chi connectivity index (χ1n) is 6.66. The molecule has 18 heavy (non-hydrogen) atoms. The van der Waals surface area contributed by atoms with Crippen molar-refractivity contribution in [2.75, 3.05) is 19.6 Å². The standard InChI is InChI=1S/C13H21N3O2/c1-2-16-9-6-14-13(16)11-4-3-7-15(10-11)8-5-12(17)18/h6,9,11H,2-5,7-8,10H2,1H3,(H,17,18). The van der Waals surface area contributed by atoms with Gasteiger partial charge in [-0.25, -0.2) is 4.98 Å². The van der Waals surface area contributed by atoms with Gasteiger partial charge in [0.15, 0.2) is 0 Å². The molecule has 1 aromatic heterocycles. The van der Waals surface area contributed by atoms with E-state index >= 15 is 0 Å². The Labute approximate surface area is 107 Å². The van der Waals surface area contributed by atoms with E-state index in [1.165, 1.54) is 0 Å². The molecule has 1 fully saturated rings. The minimum Gasteiger partial charge on any atom is -0.481 e. The van der Waals surface area contributed by atoms with Gasteiger partial charge in [-0.2, -0.15) is 0 Å². The number of likely N-dealkylation sites (tertiary alicyclic amines) is 1. The fourth-order valence-electron chi connectivity index (χ4n) is 2.67. The number of aryl methyl sites for hydroxylation is 1. The number of rotatable bonds is 5. The van der Waals surface area contributed by atoms with Crippen molar-refractivity contribution in [1.82, 2.24) is 14.5 Å². The Bertz CT molecular complexity index is 403. The highest BCUT2D eigenvalue weighted by atomic mass is 16.4. The van der Waals surface area contributed by atoms with E-state index in [2.05, 4.69) is 21.4 Å². The number of hydrogen-bond donors (Lipinski definition) is 1. The van der Waals surface area contributed by atoms with Gasteiger partial charge in [-0.15, -0.1) is 0 Å².